The normalized spacial score (nSPS) is 10.7. The molecule has 0 heterocycles. The maximum absolute atomic E-state index is 11.4. The molecule has 0 spiro atoms. The van der Waals surface area contributed by atoms with Crippen molar-refractivity contribution in [1.82, 2.24) is 0 Å². The summed E-state index contributed by atoms with van der Waals surface area (Å²) in [5.41, 5.74) is 3.94. The third kappa shape index (κ3) is 5.80. The Labute approximate surface area is 184 Å². The van der Waals surface area contributed by atoms with Crippen LogP contribution >= 0.6 is 26.6 Å². The molecule has 0 unspecified atom stereocenters. The van der Waals surface area contributed by atoms with Crippen LogP contribution in [0.2, 0.25) is 0 Å². The van der Waals surface area contributed by atoms with Gasteiger partial charge in [0, 0.05) is 20.7 Å². The van der Waals surface area contributed by atoms with Crippen LogP contribution in [0.15, 0.2) is 119 Å². The van der Waals surface area contributed by atoms with E-state index < -0.39 is 9.05 Å². The Bertz CT molecular complexity index is 1180. The average Bonchev–Trinajstić information content (AvgIpc) is 2.75. The molecule has 0 atom stereocenters. The minimum Gasteiger partial charge on any atom is -0.207 e. The van der Waals surface area contributed by atoms with Gasteiger partial charge in [0.1, 0.15) is 0 Å². The fourth-order valence-corrected chi connectivity index (χ4v) is 4.46. The van der Waals surface area contributed by atoms with Crippen molar-refractivity contribution < 1.29 is 8.42 Å². The predicted octanol–water partition coefficient (Wildman–Crippen LogP) is 7.40. The molecule has 0 aliphatic heterocycles. The van der Waals surface area contributed by atoms with E-state index in [0.717, 1.165) is 10.0 Å². The van der Waals surface area contributed by atoms with Gasteiger partial charge in [-0.15, -0.1) is 0 Å². The first-order valence-electron chi connectivity index (χ1n) is 8.86. The van der Waals surface area contributed by atoms with Crippen molar-refractivity contribution in [1.29, 1.82) is 0 Å². The number of benzene rings is 4. The fraction of sp³-hybridized carbons (Fsp3) is 0. The molecule has 0 saturated heterocycles. The Morgan fingerprint density at radius 1 is 0.552 bits per heavy atom. The molecule has 2 nitrogen and oxygen atoms in total. The minimum absolute atomic E-state index is 0.142. The van der Waals surface area contributed by atoms with E-state index in [0.29, 0.717) is 5.56 Å². The highest BCUT2D eigenvalue weighted by atomic mass is 79.9. The summed E-state index contributed by atoms with van der Waals surface area (Å²) in [5, 5.41) is 0. The molecule has 4 aromatic rings. The van der Waals surface area contributed by atoms with E-state index in [-0.39, 0.29) is 4.90 Å². The van der Waals surface area contributed by atoms with Gasteiger partial charge in [0.2, 0.25) is 0 Å². The second-order valence-corrected chi connectivity index (χ2v) is 9.53. The Morgan fingerprint density at radius 3 is 1.48 bits per heavy atom. The van der Waals surface area contributed by atoms with E-state index in [9.17, 15) is 8.42 Å². The van der Waals surface area contributed by atoms with Crippen molar-refractivity contribution in [2.24, 2.45) is 0 Å². The summed E-state index contributed by atoms with van der Waals surface area (Å²) >= 11 is 3.53. The standard InChI is InChI=1S/C12H9Br.C12H9ClO2S/c13-12-9-5-4-8-11(12)10-6-2-1-3-7-10;13-16(14,15)12-9-5-4-8-11(12)10-6-2-1-3-7-10/h1-9H;1-9H. The van der Waals surface area contributed by atoms with Crippen LogP contribution in [0.5, 0.6) is 0 Å². The molecule has 0 saturated carbocycles. The SMILES string of the molecule is Brc1ccccc1-c1ccccc1.O=S(=O)(Cl)c1ccccc1-c1ccccc1. The summed E-state index contributed by atoms with van der Waals surface area (Å²) in [6.45, 7) is 0. The molecule has 0 aromatic heterocycles. The Balaban J connectivity index is 0.000000169. The van der Waals surface area contributed by atoms with Gasteiger partial charge in [-0.2, -0.15) is 0 Å². The van der Waals surface area contributed by atoms with E-state index in [2.05, 4.69) is 52.3 Å². The van der Waals surface area contributed by atoms with E-state index in [1.54, 1.807) is 18.2 Å². The number of halogens is 2. The van der Waals surface area contributed by atoms with Gasteiger partial charge in [-0.1, -0.05) is 113 Å². The molecule has 4 aromatic carbocycles. The molecule has 0 radical (unpaired) electrons. The number of hydrogen-bond acceptors (Lipinski definition) is 2. The maximum atomic E-state index is 11.4. The first-order chi connectivity index (χ1) is 14.0. The van der Waals surface area contributed by atoms with Gasteiger partial charge in [-0.05, 0) is 28.8 Å². The monoisotopic (exact) mass is 484 g/mol. The van der Waals surface area contributed by atoms with Gasteiger partial charge >= 0.3 is 0 Å². The summed E-state index contributed by atoms with van der Waals surface area (Å²) in [6.07, 6.45) is 0. The molecule has 146 valence electrons. The van der Waals surface area contributed by atoms with Crippen LogP contribution in [0.25, 0.3) is 22.3 Å². The summed E-state index contributed by atoms with van der Waals surface area (Å²) in [4.78, 5) is 0.142. The van der Waals surface area contributed by atoms with Crippen LogP contribution in [-0.2, 0) is 9.05 Å². The zero-order valence-electron chi connectivity index (χ0n) is 15.4. The Kier molecular flexibility index (Phi) is 7.26. The van der Waals surface area contributed by atoms with Crippen LogP contribution in [0.1, 0.15) is 0 Å². The van der Waals surface area contributed by atoms with Crippen molar-refractivity contribution in [2.45, 2.75) is 4.90 Å². The predicted molar refractivity (Wildman–Crippen MR) is 124 cm³/mol. The molecular formula is C24H18BrClO2S. The van der Waals surface area contributed by atoms with Gasteiger partial charge in [0.15, 0.2) is 0 Å². The van der Waals surface area contributed by atoms with Crippen LogP contribution < -0.4 is 0 Å². The quantitative estimate of drug-likeness (QED) is 0.283. The molecule has 0 aliphatic carbocycles. The molecule has 29 heavy (non-hydrogen) atoms. The van der Waals surface area contributed by atoms with Gasteiger partial charge in [-0.3, -0.25) is 0 Å². The summed E-state index contributed by atoms with van der Waals surface area (Å²) in [7, 11) is 1.68. The molecule has 0 N–H and O–H groups in total. The Morgan fingerprint density at radius 2 is 0.966 bits per heavy atom. The molecule has 0 fully saturated rings. The summed E-state index contributed by atoms with van der Waals surface area (Å²) < 4.78 is 23.9. The third-order valence-corrected chi connectivity index (χ3v) is 6.26. The smallest absolute Gasteiger partial charge is 0.207 e. The fourth-order valence-electron chi connectivity index (χ4n) is 2.85. The Hall–Kier alpha value is -2.40. The molecular weight excluding hydrogens is 468 g/mol. The van der Waals surface area contributed by atoms with Crippen molar-refractivity contribution in [2.75, 3.05) is 0 Å². The van der Waals surface area contributed by atoms with E-state index in [1.165, 1.54) is 17.2 Å². The van der Waals surface area contributed by atoms with Crippen LogP contribution in [0.4, 0.5) is 0 Å². The lowest BCUT2D eigenvalue weighted by molar-refractivity contribution is 0.610. The highest BCUT2D eigenvalue weighted by molar-refractivity contribution is 9.10. The highest BCUT2D eigenvalue weighted by Gasteiger charge is 2.15. The van der Waals surface area contributed by atoms with Crippen LogP contribution in [-0.4, -0.2) is 8.42 Å². The first kappa shape index (κ1) is 21.3. The van der Waals surface area contributed by atoms with Gasteiger partial charge < -0.3 is 0 Å². The number of hydrogen-bond donors (Lipinski definition) is 0. The zero-order chi connectivity index (χ0) is 20.7. The topological polar surface area (TPSA) is 34.1 Å². The first-order valence-corrected chi connectivity index (χ1v) is 12.0. The van der Waals surface area contributed by atoms with Crippen molar-refractivity contribution in [3.8, 4) is 22.3 Å². The number of rotatable bonds is 3. The summed E-state index contributed by atoms with van der Waals surface area (Å²) in [5.74, 6) is 0. The average molecular weight is 486 g/mol. The van der Waals surface area contributed by atoms with E-state index in [4.69, 9.17) is 10.7 Å². The van der Waals surface area contributed by atoms with Crippen molar-refractivity contribution >= 4 is 35.7 Å². The van der Waals surface area contributed by atoms with Gasteiger partial charge in [-0.25, -0.2) is 8.42 Å². The maximum Gasteiger partial charge on any atom is 0.261 e. The molecule has 5 heteroatoms. The largest absolute Gasteiger partial charge is 0.261 e. The minimum atomic E-state index is -3.71. The molecule has 0 amide bonds. The van der Waals surface area contributed by atoms with E-state index >= 15 is 0 Å². The van der Waals surface area contributed by atoms with Gasteiger partial charge in [0.05, 0.1) is 4.90 Å². The molecule has 0 aliphatic rings. The van der Waals surface area contributed by atoms with E-state index in [1.807, 2.05) is 48.5 Å². The lowest BCUT2D eigenvalue weighted by atomic mass is 10.1. The second-order valence-electron chi connectivity index (χ2n) is 6.15. The summed E-state index contributed by atoms with van der Waals surface area (Å²) in [6, 6.07) is 34.6. The van der Waals surface area contributed by atoms with Crippen molar-refractivity contribution in [3.63, 3.8) is 0 Å². The van der Waals surface area contributed by atoms with Crippen molar-refractivity contribution in [3.05, 3.63) is 114 Å². The lowest BCUT2D eigenvalue weighted by Gasteiger charge is -2.06. The highest BCUT2D eigenvalue weighted by Crippen LogP contribution is 2.29. The zero-order valence-corrected chi connectivity index (χ0v) is 18.5. The third-order valence-electron chi connectivity index (χ3n) is 4.19. The van der Waals surface area contributed by atoms with Crippen LogP contribution in [0, 0.1) is 0 Å². The second kappa shape index (κ2) is 9.88. The molecule has 0 bridgehead atoms. The lowest BCUT2D eigenvalue weighted by Crippen LogP contribution is -1.93. The van der Waals surface area contributed by atoms with Crippen LogP contribution in [0.3, 0.4) is 0 Å². The van der Waals surface area contributed by atoms with Gasteiger partial charge in [0.25, 0.3) is 9.05 Å². The molecule has 4 rings (SSSR count).